The fourth-order valence-electron chi connectivity index (χ4n) is 2.50. The fraction of sp³-hybridized carbons (Fsp3) is 0.333. The second kappa shape index (κ2) is 7.79. The molecule has 0 aliphatic rings. The first kappa shape index (κ1) is 18.4. The number of methoxy groups -OCH3 is 1. The van der Waals surface area contributed by atoms with Crippen LogP contribution in [0.25, 0.3) is 0 Å². The maximum atomic E-state index is 12.5. The Morgan fingerprint density at radius 2 is 1.71 bits per heavy atom. The van der Waals surface area contributed by atoms with E-state index in [1.807, 2.05) is 50.2 Å². The van der Waals surface area contributed by atoms with Crippen molar-refractivity contribution >= 4 is 10.0 Å². The van der Waals surface area contributed by atoms with E-state index in [2.05, 4.69) is 4.72 Å². The number of likely N-dealkylation sites (N-methyl/N-ethyl adjacent to an activating group) is 1. The molecule has 1 N–H and O–H groups in total. The highest BCUT2D eigenvalue weighted by atomic mass is 32.2. The van der Waals surface area contributed by atoms with Gasteiger partial charge in [0.15, 0.2) is 0 Å². The molecule has 0 spiro atoms. The maximum Gasteiger partial charge on any atom is 0.240 e. The van der Waals surface area contributed by atoms with Gasteiger partial charge in [-0.3, -0.25) is 0 Å². The summed E-state index contributed by atoms with van der Waals surface area (Å²) in [6.45, 7) is 2.18. The van der Waals surface area contributed by atoms with E-state index in [4.69, 9.17) is 4.74 Å². The van der Waals surface area contributed by atoms with Crippen molar-refractivity contribution in [1.29, 1.82) is 0 Å². The van der Waals surface area contributed by atoms with Gasteiger partial charge in [-0.1, -0.05) is 35.9 Å². The minimum atomic E-state index is -3.55. The Labute approximate surface area is 144 Å². The molecule has 2 aromatic carbocycles. The third-order valence-electron chi connectivity index (χ3n) is 3.92. The van der Waals surface area contributed by atoms with Crippen molar-refractivity contribution in [2.24, 2.45) is 0 Å². The van der Waals surface area contributed by atoms with E-state index in [1.165, 1.54) is 0 Å². The first-order chi connectivity index (χ1) is 11.3. The van der Waals surface area contributed by atoms with Crippen molar-refractivity contribution in [3.63, 3.8) is 0 Å². The minimum Gasteiger partial charge on any atom is -0.496 e. The third-order valence-corrected chi connectivity index (χ3v) is 5.36. The standard InChI is InChI=1S/C18H24N2O3S/c1-14-9-11-15(12-10-14)24(21,22)19-13-17(20(2)3)16-7-5-6-8-18(16)23-4/h5-12,17,19H,13H2,1-4H3. The summed E-state index contributed by atoms with van der Waals surface area (Å²) in [4.78, 5) is 2.24. The van der Waals surface area contributed by atoms with Crippen LogP contribution in [0.5, 0.6) is 5.75 Å². The van der Waals surface area contributed by atoms with Gasteiger partial charge in [0.05, 0.1) is 18.0 Å². The first-order valence-electron chi connectivity index (χ1n) is 7.71. The van der Waals surface area contributed by atoms with Gasteiger partial charge < -0.3 is 9.64 Å². The lowest BCUT2D eigenvalue weighted by Gasteiger charge is -2.26. The predicted octanol–water partition coefficient (Wildman–Crippen LogP) is 2.58. The monoisotopic (exact) mass is 348 g/mol. The Balaban J connectivity index is 2.21. The summed E-state index contributed by atoms with van der Waals surface area (Å²) in [7, 11) is 1.89. The number of hydrogen-bond acceptors (Lipinski definition) is 4. The number of hydrogen-bond donors (Lipinski definition) is 1. The van der Waals surface area contributed by atoms with Crippen molar-refractivity contribution in [3.8, 4) is 5.75 Å². The van der Waals surface area contributed by atoms with Gasteiger partial charge in [0.25, 0.3) is 0 Å². The topological polar surface area (TPSA) is 58.6 Å². The second-order valence-corrected chi connectivity index (χ2v) is 7.65. The molecule has 0 saturated carbocycles. The summed E-state index contributed by atoms with van der Waals surface area (Å²) in [5.74, 6) is 0.741. The molecule has 5 nitrogen and oxygen atoms in total. The molecule has 1 unspecified atom stereocenters. The Morgan fingerprint density at radius 1 is 1.08 bits per heavy atom. The zero-order valence-electron chi connectivity index (χ0n) is 14.5. The van der Waals surface area contributed by atoms with Crippen LogP contribution in [-0.4, -0.2) is 41.1 Å². The van der Waals surface area contributed by atoms with E-state index < -0.39 is 10.0 Å². The molecule has 0 radical (unpaired) electrons. The maximum absolute atomic E-state index is 12.5. The number of rotatable bonds is 7. The van der Waals surface area contributed by atoms with Crippen LogP contribution in [0, 0.1) is 6.92 Å². The molecule has 6 heteroatoms. The third kappa shape index (κ3) is 4.35. The summed E-state index contributed by atoms with van der Waals surface area (Å²) in [6.07, 6.45) is 0. The van der Waals surface area contributed by atoms with Crippen LogP contribution in [0.3, 0.4) is 0 Å². The van der Waals surface area contributed by atoms with Crippen molar-refractivity contribution in [3.05, 3.63) is 59.7 Å². The Bertz CT molecular complexity index is 771. The molecule has 2 rings (SSSR count). The van der Waals surface area contributed by atoms with Crippen LogP contribution in [0.4, 0.5) is 0 Å². The summed E-state index contributed by atoms with van der Waals surface area (Å²) in [5, 5.41) is 0. The van der Waals surface area contributed by atoms with E-state index in [1.54, 1.807) is 31.4 Å². The summed E-state index contributed by atoms with van der Waals surface area (Å²) in [5.41, 5.74) is 1.96. The quantitative estimate of drug-likeness (QED) is 0.835. The summed E-state index contributed by atoms with van der Waals surface area (Å²) < 4.78 is 33.1. The SMILES string of the molecule is COc1ccccc1C(CNS(=O)(=O)c1ccc(C)cc1)N(C)C. The van der Waals surface area contributed by atoms with E-state index in [0.717, 1.165) is 16.9 Å². The van der Waals surface area contributed by atoms with Gasteiger partial charge in [-0.2, -0.15) is 0 Å². The molecule has 24 heavy (non-hydrogen) atoms. The smallest absolute Gasteiger partial charge is 0.240 e. The van der Waals surface area contributed by atoms with Crippen molar-refractivity contribution in [2.45, 2.75) is 17.9 Å². The molecule has 0 heterocycles. The largest absolute Gasteiger partial charge is 0.496 e. The van der Waals surface area contributed by atoms with Crippen LogP contribution in [0.15, 0.2) is 53.4 Å². The van der Waals surface area contributed by atoms with E-state index in [-0.39, 0.29) is 17.5 Å². The lowest BCUT2D eigenvalue weighted by molar-refractivity contribution is 0.289. The average molecular weight is 348 g/mol. The molecule has 0 aromatic heterocycles. The van der Waals surface area contributed by atoms with E-state index in [9.17, 15) is 8.42 Å². The van der Waals surface area contributed by atoms with Crippen molar-refractivity contribution in [1.82, 2.24) is 9.62 Å². The van der Waals surface area contributed by atoms with Gasteiger partial charge >= 0.3 is 0 Å². The number of nitrogens with one attached hydrogen (secondary N) is 1. The van der Waals surface area contributed by atoms with Gasteiger partial charge in [-0.25, -0.2) is 13.1 Å². The van der Waals surface area contributed by atoms with Crippen LogP contribution in [0.1, 0.15) is 17.2 Å². The lowest BCUT2D eigenvalue weighted by Crippen LogP contribution is -2.34. The van der Waals surface area contributed by atoms with Crippen LogP contribution < -0.4 is 9.46 Å². The Kier molecular flexibility index (Phi) is 5.99. The first-order valence-corrected chi connectivity index (χ1v) is 9.19. The number of nitrogens with zero attached hydrogens (tertiary/aromatic N) is 1. The van der Waals surface area contributed by atoms with E-state index in [0.29, 0.717) is 0 Å². The number of ether oxygens (including phenoxy) is 1. The molecule has 130 valence electrons. The van der Waals surface area contributed by atoms with Crippen LogP contribution in [0.2, 0.25) is 0 Å². The average Bonchev–Trinajstić information content (AvgIpc) is 2.55. The molecule has 0 aliphatic heterocycles. The molecule has 2 aromatic rings. The Hall–Kier alpha value is -1.89. The van der Waals surface area contributed by atoms with Gasteiger partial charge in [-0.15, -0.1) is 0 Å². The number of benzene rings is 2. The molecular weight excluding hydrogens is 324 g/mol. The summed E-state index contributed by atoms with van der Waals surface area (Å²) >= 11 is 0. The number of para-hydroxylation sites is 1. The minimum absolute atomic E-state index is 0.138. The molecule has 0 fully saturated rings. The highest BCUT2D eigenvalue weighted by Gasteiger charge is 2.21. The van der Waals surface area contributed by atoms with Gasteiger partial charge in [0.2, 0.25) is 10.0 Å². The van der Waals surface area contributed by atoms with Crippen LogP contribution >= 0.6 is 0 Å². The molecule has 0 aliphatic carbocycles. The predicted molar refractivity (Wildman–Crippen MR) is 95.8 cm³/mol. The number of aryl methyl sites for hydroxylation is 1. The van der Waals surface area contributed by atoms with Gasteiger partial charge in [0, 0.05) is 12.1 Å². The molecule has 0 bridgehead atoms. The van der Waals surface area contributed by atoms with Gasteiger partial charge in [0.1, 0.15) is 5.75 Å². The Morgan fingerprint density at radius 3 is 2.29 bits per heavy atom. The van der Waals surface area contributed by atoms with Gasteiger partial charge in [-0.05, 0) is 39.2 Å². The summed E-state index contributed by atoms with van der Waals surface area (Å²) in [6, 6.07) is 14.3. The molecule has 0 saturated heterocycles. The molecule has 1 atom stereocenters. The lowest BCUT2D eigenvalue weighted by atomic mass is 10.1. The fourth-order valence-corrected chi connectivity index (χ4v) is 3.54. The van der Waals surface area contributed by atoms with E-state index >= 15 is 0 Å². The highest BCUT2D eigenvalue weighted by Crippen LogP contribution is 2.27. The second-order valence-electron chi connectivity index (χ2n) is 5.89. The molecular formula is C18H24N2O3S. The number of sulfonamides is 1. The zero-order valence-corrected chi connectivity index (χ0v) is 15.3. The molecule has 0 amide bonds. The van der Waals surface area contributed by atoms with Crippen molar-refractivity contribution in [2.75, 3.05) is 27.7 Å². The van der Waals surface area contributed by atoms with Crippen LogP contribution in [-0.2, 0) is 10.0 Å². The highest BCUT2D eigenvalue weighted by molar-refractivity contribution is 7.89. The zero-order chi connectivity index (χ0) is 17.7. The normalized spacial score (nSPS) is 13.0. The van der Waals surface area contributed by atoms with Crippen molar-refractivity contribution < 1.29 is 13.2 Å².